The first-order valence-electron chi connectivity index (χ1n) is 11.4. The highest BCUT2D eigenvalue weighted by atomic mass is 14.5. The van der Waals surface area contributed by atoms with Gasteiger partial charge in [0.15, 0.2) is 0 Å². The summed E-state index contributed by atoms with van der Waals surface area (Å²) in [6, 6.07) is 27.8. The van der Waals surface area contributed by atoms with Gasteiger partial charge in [0.05, 0.1) is 0 Å². The summed E-state index contributed by atoms with van der Waals surface area (Å²) in [5, 5.41) is 0. The van der Waals surface area contributed by atoms with Crippen molar-refractivity contribution in [3.05, 3.63) is 95.6 Å². The van der Waals surface area contributed by atoms with Crippen LogP contribution in [0.4, 0.5) is 11.4 Å². The van der Waals surface area contributed by atoms with Crippen LogP contribution in [0, 0.1) is 0 Å². The second kappa shape index (κ2) is 10.9. The zero-order valence-corrected chi connectivity index (χ0v) is 18.3. The molecule has 0 radical (unpaired) electrons. The molecule has 2 heteroatoms. The lowest BCUT2D eigenvalue weighted by molar-refractivity contribution is 0.496. The summed E-state index contributed by atoms with van der Waals surface area (Å²) in [6.07, 6.45) is 10.2. The zero-order chi connectivity index (χ0) is 21.2. The topological polar surface area (TPSA) is 52.0 Å². The predicted molar refractivity (Wildman–Crippen MR) is 131 cm³/mol. The molecule has 158 valence electrons. The van der Waals surface area contributed by atoms with Gasteiger partial charge in [-0.15, -0.1) is 0 Å². The number of anilines is 2. The van der Waals surface area contributed by atoms with Gasteiger partial charge in [0.1, 0.15) is 0 Å². The van der Waals surface area contributed by atoms with Gasteiger partial charge in [0, 0.05) is 16.8 Å². The predicted octanol–water partition coefficient (Wildman–Crippen LogP) is 7.33. The summed E-state index contributed by atoms with van der Waals surface area (Å²) in [6.45, 7) is 2.27. The van der Waals surface area contributed by atoms with Crippen LogP contribution in [0.2, 0.25) is 0 Å². The lowest BCUT2D eigenvalue weighted by atomic mass is 9.66. The summed E-state index contributed by atoms with van der Waals surface area (Å²) < 4.78 is 0. The molecule has 0 spiro atoms. The second-order valence-electron chi connectivity index (χ2n) is 8.39. The number of nitrogens with two attached hydrogens (primary N) is 2. The maximum Gasteiger partial charge on any atom is 0.0451 e. The van der Waals surface area contributed by atoms with Crippen molar-refractivity contribution in [3.63, 3.8) is 0 Å². The van der Waals surface area contributed by atoms with E-state index in [0.717, 1.165) is 17.8 Å². The minimum absolute atomic E-state index is 0.202. The van der Waals surface area contributed by atoms with Crippen molar-refractivity contribution < 1.29 is 0 Å². The fourth-order valence-electron chi connectivity index (χ4n) is 4.54. The van der Waals surface area contributed by atoms with E-state index in [4.69, 9.17) is 11.5 Å². The van der Waals surface area contributed by atoms with Crippen LogP contribution in [0.25, 0.3) is 0 Å². The monoisotopic (exact) mass is 400 g/mol. The van der Waals surface area contributed by atoms with Crippen LogP contribution >= 0.6 is 0 Å². The Balaban J connectivity index is 1.96. The molecule has 3 rings (SSSR count). The summed E-state index contributed by atoms with van der Waals surface area (Å²) in [5.74, 6) is 0. The van der Waals surface area contributed by atoms with E-state index in [1.807, 2.05) is 24.3 Å². The average molecular weight is 401 g/mol. The van der Waals surface area contributed by atoms with Crippen molar-refractivity contribution >= 4 is 11.4 Å². The van der Waals surface area contributed by atoms with Crippen molar-refractivity contribution in [3.8, 4) is 0 Å². The molecule has 0 amide bonds. The first-order valence-corrected chi connectivity index (χ1v) is 11.4. The highest BCUT2D eigenvalue weighted by Crippen LogP contribution is 2.44. The third-order valence-electron chi connectivity index (χ3n) is 6.23. The molecule has 4 N–H and O–H groups in total. The summed E-state index contributed by atoms with van der Waals surface area (Å²) in [7, 11) is 0. The standard InChI is InChI=1S/C28H36N2/c1-2-3-4-5-6-7-11-22-28(23-12-9-8-10-13-23,24-14-18-26(29)19-15-24)25-16-20-27(30)21-17-25/h8-10,12-21H,2-7,11,22,29-30H2,1H3. The first-order chi connectivity index (χ1) is 14.7. The molecule has 0 heterocycles. The van der Waals surface area contributed by atoms with Gasteiger partial charge < -0.3 is 11.5 Å². The number of hydrogen-bond acceptors (Lipinski definition) is 2. The lowest BCUT2D eigenvalue weighted by Gasteiger charge is -2.36. The third-order valence-corrected chi connectivity index (χ3v) is 6.23. The van der Waals surface area contributed by atoms with Crippen molar-refractivity contribution in [2.24, 2.45) is 0 Å². The molecule has 0 saturated heterocycles. The van der Waals surface area contributed by atoms with Gasteiger partial charge in [0.25, 0.3) is 0 Å². The first kappa shape index (κ1) is 22.0. The quantitative estimate of drug-likeness (QED) is 0.201. The molecule has 0 bridgehead atoms. The number of nitrogen functional groups attached to an aromatic ring is 2. The van der Waals surface area contributed by atoms with Crippen molar-refractivity contribution in [2.75, 3.05) is 11.5 Å². The smallest absolute Gasteiger partial charge is 0.0451 e. The molecule has 0 aliphatic carbocycles. The van der Waals surface area contributed by atoms with Crippen LogP contribution in [0.3, 0.4) is 0 Å². The zero-order valence-electron chi connectivity index (χ0n) is 18.3. The second-order valence-corrected chi connectivity index (χ2v) is 8.39. The maximum absolute atomic E-state index is 6.03. The number of rotatable bonds is 11. The molecule has 30 heavy (non-hydrogen) atoms. The average Bonchev–Trinajstić information content (AvgIpc) is 2.78. The van der Waals surface area contributed by atoms with Crippen LogP contribution in [0.1, 0.15) is 75.0 Å². The van der Waals surface area contributed by atoms with Gasteiger partial charge in [-0.05, 0) is 47.4 Å². The molecule has 0 aromatic heterocycles. The Hall–Kier alpha value is -2.74. The van der Waals surface area contributed by atoms with Crippen LogP contribution in [0.15, 0.2) is 78.9 Å². The van der Waals surface area contributed by atoms with Crippen LogP contribution in [0.5, 0.6) is 0 Å². The van der Waals surface area contributed by atoms with E-state index < -0.39 is 0 Å². The van der Waals surface area contributed by atoms with Gasteiger partial charge >= 0.3 is 0 Å². The molecule has 3 aromatic carbocycles. The Bertz CT molecular complexity index is 821. The summed E-state index contributed by atoms with van der Waals surface area (Å²) >= 11 is 0. The Morgan fingerprint density at radius 2 is 0.967 bits per heavy atom. The molecule has 0 saturated carbocycles. The maximum atomic E-state index is 6.03. The van der Waals surface area contributed by atoms with Crippen LogP contribution in [-0.4, -0.2) is 0 Å². The van der Waals surface area contributed by atoms with E-state index >= 15 is 0 Å². The van der Waals surface area contributed by atoms with Gasteiger partial charge in [-0.1, -0.05) is 106 Å². The summed E-state index contributed by atoms with van der Waals surface area (Å²) in [5.41, 5.74) is 17.4. The number of hydrogen-bond donors (Lipinski definition) is 2. The normalized spacial score (nSPS) is 11.5. The van der Waals surface area contributed by atoms with E-state index in [2.05, 4.69) is 61.5 Å². The highest BCUT2D eigenvalue weighted by Gasteiger charge is 2.35. The largest absolute Gasteiger partial charge is 0.399 e. The van der Waals surface area contributed by atoms with Crippen molar-refractivity contribution in [1.29, 1.82) is 0 Å². The lowest BCUT2D eigenvalue weighted by Crippen LogP contribution is -2.29. The Labute approximate surface area is 182 Å². The Morgan fingerprint density at radius 1 is 0.533 bits per heavy atom. The molecule has 0 unspecified atom stereocenters. The van der Waals surface area contributed by atoms with Gasteiger partial charge in [0.2, 0.25) is 0 Å². The van der Waals surface area contributed by atoms with E-state index in [1.165, 1.54) is 61.6 Å². The molecule has 3 aromatic rings. The minimum atomic E-state index is -0.202. The van der Waals surface area contributed by atoms with Gasteiger partial charge in [-0.2, -0.15) is 0 Å². The van der Waals surface area contributed by atoms with Crippen molar-refractivity contribution in [2.45, 2.75) is 63.7 Å². The van der Waals surface area contributed by atoms with Crippen LogP contribution in [-0.2, 0) is 5.41 Å². The Kier molecular flexibility index (Phi) is 7.96. The molecule has 0 aliphatic heterocycles. The minimum Gasteiger partial charge on any atom is -0.399 e. The van der Waals surface area contributed by atoms with Crippen molar-refractivity contribution in [1.82, 2.24) is 0 Å². The number of benzene rings is 3. The fourth-order valence-corrected chi connectivity index (χ4v) is 4.54. The molecular formula is C28H36N2. The summed E-state index contributed by atoms with van der Waals surface area (Å²) in [4.78, 5) is 0. The molecule has 0 atom stereocenters. The highest BCUT2D eigenvalue weighted by molar-refractivity contribution is 5.54. The van der Waals surface area contributed by atoms with Gasteiger partial charge in [-0.3, -0.25) is 0 Å². The molecule has 0 aliphatic rings. The molecule has 2 nitrogen and oxygen atoms in total. The Morgan fingerprint density at radius 3 is 1.47 bits per heavy atom. The molecule has 0 fully saturated rings. The van der Waals surface area contributed by atoms with E-state index in [1.54, 1.807) is 0 Å². The SMILES string of the molecule is CCCCCCCCCC(c1ccccc1)(c1ccc(N)cc1)c1ccc(N)cc1. The molecular weight excluding hydrogens is 364 g/mol. The fraction of sp³-hybridized carbons (Fsp3) is 0.357. The third kappa shape index (κ3) is 5.24. The van der Waals surface area contributed by atoms with E-state index in [9.17, 15) is 0 Å². The van der Waals surface area contributed by atoms with E-state index in [0.29, 0.717) is 0 Å². The van der Waals surface area contributed by atoms with Crippen LogP contribution < -0.4 is 11.5 Å². The van der Waals surface area contributed by atoms with Gasteiger partial charge in [-0.25, -0.2) is 0 Å². The number of unbranched alkanes of at least 4 members (excludes halogenated alkanes) is 6. The van der Waals surface area contributed by atoms with E-state index in [-0.39, 0.29) is 5.41 Å².